The van der Waals surface area contributed by atoms with E-state index in [4.69, 9.17) is 0 Å². The monoisotopic (exact) mass is 182 g/mol. The molecule has 0 atom stereocenters. The Labute approximate surface area is 84.6 Å². The summed E-state index contributed by atoms with van der Waals surface area (Å²) in [5.74, 6) is 0. The highest BCUT2D eigenvalue weighted by atomic mass is 14.4. The molecule has 70 valence electrons. The molecule has 0 unspecified atom stereocenters. The van der Waals surface area contributed by atoms with E-state index >= 15 is 0 Å². The number of fused-ring (bicyclic) bond motifs is 1. The normalized spacial score (nSPS) is 18.4. The molecular weight excluding hydrogens is 168 g/mol. The first-order valence-electron chi connectivity index (χ1n) is 5.28. The third kappa shape index (κ3) is 1.07. The van der Waals surface area contributed by atoms with Gasteiger partial charge < -0.3 is 0 Å². The second-order valence-corrected chi connectivity index (χ2v) is 4.59. The quantitative estimate of drug-likeness (QED) is 0.627. The molecule has 0 heterocycles. The van der Waals surface area contributed by atoms with Crippen molar-refractivity contribution in [2.75, 3.05) is 0 Å². The summed E-state index contributed by atoms with van der Waals surface area (Å²) >= 11 is 0. The van der Waals surface area contributed by atoms with Crippen LogP contribution >= 0.6 is 0 Å². The molecule has 0 bridgehead atoms. The molecule has 3 rings (SSSR count). The zero-order chi connectivity index (χ0) is 9.60. The molecule has 1 aliphatic rings. The van der Waals surface area contributed by atoms with Crippen LogP contribution in [0.3, 0.4) is 0 Å². The maximum absolute atomic E-state index is 2.37. The standard InChI is InChI=1S/C14H14/c1-14(9-10-14)13-8-4-6-11-5-2-3-7-12(11)13/h2-8H,9-10H2,1H3. The molecule has 0 spiro atoms. The Morgan fingerprint density at radius 2 is 1.64 bits per heavy atom. The summed E-state index contributed by atoms with van der Waals surface area (Å²) in [6.07, 6.45) is 2.70. The Bertz CT molecular complexity index is 473. The molecule has 14 heavy (non-hydrogen) atoms. The Morgan fingerprint density at radius 1 is 0.929 bits per heavy atom. The topological polar surface area (TPSA) is 0 Å². The molecule has 0 nitrogen and oxygen atoms in total. The number of hydrogen-bond donors (Lipinski definition) is 0. The summed E-state index contributed by atoms with van der Waals surface area (Å²) in [6.45, 7) is 2.37. The van der Waals surface area contributed by atoms with Crippen LogP contribution in [0, 0.1) is 0 Å². The SMILES string of the molecule is CC1(c2cccc3ccccc23)CC1. The minimum absolute atomic E-state index is 0.473. The van der Waals surface area contributed by atoms with Crippen LogP contribution in [-0.2, 0) is 5.41 Å². The molecule has 0 heteroatoms. The highest BCUT2D eigenvalue weighted by Crippen LogP contribution is 2.49. The van der Waals surface area contributed by atoms with Gasteiger partial charge in [0, 0.05) is 0 Å². The first-order valence-corrected chi connectivity index (χ1v) is 5.28. The summed E-state index contributed by atoms with van der Waals surface area (Å²) < 4.78 is 0. The largest absolute Gasteiger partial charge is 0.0616 e. The van der Waals surface area contributed by atoms with Crippen LogP contribution < -0.4 is 0 Å². The van der Waals surface area contributed by atoms with Gasteiger partial charge in [0.05, 0.1) is 0 Å². The van der Waals surface area contributed by atoms with Crippen LogP contribution in [0.4, 0.5) is 0 Å². The van der Waals surface area contributed by atoms with E-state index in [1.807, 2.05) is 0 Å². The van der Waals surface area contributed by atoms with E-state index in [-0.39, 0.29) is 0 Å². The second-order valence-electron chi connectivity index (χ2n) is 4.59. The molecule has 1 fully saturated rings. The highest BCUT2D eigenvalue weighted by Gasteiger charge is 2.39. The lowest BCUT2D eigenvalue weighted by molar-refractivity contribution is 0.797. The van der Waals surface area contributed by atoms with E-state index in [2.05, 4.69) is 49.4 Å². The fraction of sp³-hybridized carbons (Fsp3) is 0.286. The summed E-state index contributed by atoms with van der Waals surface area (Å²) in [7, 11) is 0. The highest BCUT2D eigenvalue weighted by molar-refractivity contribution is 5.87. The molecular formula is C14H14. The fourth-order valence-corrected chi connectivity index (χ4v) is 2.21. The van der Waals surface area contributed by atoms with E-state index in [0.29, 0.717) is 5.41 Å². The molecule has 2 aromatic carbocycles. The Morgan fingerprint density at radius 3 is 2.43 bits per heavy atom. The van der Waals surface area contributed by atoms with Gasteiger partial charge in [0.25, 0.3) is 0 Å². The van der Waals surface area contributed by atoms with Gasteiger partial charge in [-0.05, 0) is 34.6 Å². The van der Waals surface area contributed by atoms with Crippen LogP contribution in [-0.4, -0.2) is 0 Å². The van der Waals surface area contributed by atoms with Crippen molar-refractivity contribution in [1.82, 2.24) is 0 Å². The van der Waals surface area contributed by atoms with Gasteiger partial charge in [0.1, 0.15) is 0 Å². The van der Waals surface area contributed by atoms with Gasteiger partial charge in [-0.25, -0.2) is 0 Å². The molecule has 0 aliphatic heterocycles. The summed E-state index contributed by atoms with van der Waals surface area (Å²) in [5, 5.41) is 2.81. The first-order chi connectivity index (χ1) is 6.80. The van der Waals surface area contributed by atoms with E-state index in [1.165, 1.54) is 29.2 Å². The van der Waals surface area contributed by atoms with Crippen molar-refractivity contribution in [3.05, 3.63) is 48.0 Å². The third-order valence-corrected chi connectivity index (χ3v) is 3.44. The average Bonchev–Trinajstić information content (AvgIpc) is 2.97. The molecule has 0 N–H and O–H groups in total. The summed E-state index contributed by atoms with van der Waals surface area (Å²) in [5.41, 5.74) is 2.01. The first kappa shape index (κ1) is 8.05. The van der Waals surface area contributed by atoms with Gasteiger partial charge >= 0.3 is 0 Å². The zero-order valence-corrected chi connectivity index (χ0v) is 8.46. The average molecular weight is 182 g/mol. The lowest BCUT2D eigenvalue weighted by Gasteiger charge is -2.12. The van der Waals surface area contributed by atoms with Crippen LogP contribution in [0.1, 0.15) is 25.3 Å². The van der Waals surface area contributed by atoms with Gasteiger partial charge in [-0.3, -0.25) is 0 Å². The predicted octanol–water partition coefficient (Wildman–Crippen LogP) is 3.89. The van der Waals surface area contributed by atoms with Gasteiger partial charge in [-0.15, -0.1) is 0 Å². The minimum atomic E-state index is 0.473. The van der Waals surface area contributed by atoms with E-state index in [9.17, 15) is 0 Å². The molecule has 0 saturated heterocycles. The van der Waals surface area contributed by atoms with Crippen molar-refractivity contribution in [3.63, 3.8) is 0 Å². The van der Waals surface area contributed by atoms with Crippen LogP contribution in [0.15, 0.2) is 42.5 Å². The molecule has 1 saturated carbocycles. The third-order valence-electron chi connectivity index (χ3n) is 3.44. The molecule has 0 aromatic heterocycles. The van der Waals surface area contributed by atoms with Gasteiger partial charge in [0.2, 0.25) is 0 Å². The van der Waals surface area contributed by atoms with E-state index in [0.717, 1.165) is 0 Å². The van der Waals surface area contributed by atoms with E-state index in [1.54, 1.807) is 0 Å². The van der Waals surface area contributed by atoms with Crippen molar-refractivity contribution in [2.24, 2.45) is 0 Å². The number of rotatable bonds is 1. The summed E-state index contributed by atoms with van der Waals surface area (Å²) in [4.78, 5) is 0. The zero-order valence-electron chi connectivity index (χ0n) is 8.46. The maximum Gasteiger partial charge on any atom is -0.00685 e. The van der Waals surface area contributed by atoms with E-state index < -0.39 is 0 Å². The van der Waals surface area contributed by atoms with Crippen molar-refractivity contribution in [2.45, 2.75) is 25.2 Å². The van der Waals surface area contributed by atoms with Crippen molar-refractivity contribution >= 4 is 10.8 Å². The Balaban J connectivity index is 2.33. The van der Waals surface area contributed by atoms with Crippen molar-refractivity contribution in [3.8, 4) is 0 Å². The molecule has 2 aromatic rings. The lowest BCUT2D eigenvalue weighted by atomic mass is 9.93. The molecule has 0 amide bonds. The van der Waals surface area contributed by atoms with Crippen LogP contribution in [0.2, 0.25) is 0 Å². The Hall–Kier alpha value is -1.30. The molecule has 1 aliphatic carbocycles. The molecule has 0 radical (unpaired) electrons. The predicted molar refractivity (Wildman–Crippen MR) is 60.5 cm³/mol. The smallest absolute Gasteiger partial charge is 0.00685 e. The number of hydrogen-bond acceptors (Lipinski definition) is 0. The number of benzene rings is 2. The van der Waals surface area contributed by atoms with Crippen LogP contribution in [0.25, 0.3) is 10.8 Å². The van der Waals surface area contributed by atoms with Crippen molar-refractivity contribution < 1.29 is 0 Å². The summed E-state index contributed by atoms with van der Waals surface area (Å²) in [6, 6.07) is 15.4. The van der Waals surface area contributed by atoms with Gasteiger partial charge in [-0.2, -0.15) is 0 Å². The Kier molecular flexibility index (Phi) is 1.49. The second kappa shape index (κ2) is 2.60. The van der Waals surface area contributed by atoms with Crippen molar-refractivity contribution in [1.29, 1.82) is 0 Å². The van der Waals surface area contributed by atoms with Gasteiger partial charge in [0.15, 0.2) is 0 Å². The maximum atomic E-state index is 2.37. The lowest BCUT2D eigenvalue weighted by Crippen LogP contribution is -1.99. The minimum Gasteiger partial charge on any atom is -0.0616 e. The fourth-order valence-electron chi connectivity index (χ4n) is 2.21. The van der Waals surface area contributed by atoms with Crippen LogP contribution in [0.5, 0.6) is 0 Å². The van der Waals surface area contributed by atoms with Gasteiger partial charge in [-0.1, -0.05) is 49.4 Å².